The molecule has 0 saturated carbocycles. The van der Waals surface area contributed by atoms with E-state index in [9.17, 15) is 13.2 Å². The second-order valence-electron chi connectivity index (χ2n) is 5.58. The Morgan fingerprint density at radius 1 is 1.00 bits per heavy atom. The summed E-state index contributed by atoms with van der Waals surface area (Å²) in [6, 6.07) is 6.07. The van der Waals surface area contributed by atoms with Crippen LogP contribution in [0.1, 0.15) is 40.9 Å². The monoisotopic (exact) mass is 362 g/mol. The van der Waals surface area contributed by atoms with Gasteiger partial charge in [0, 0.05) is 15.3 Å². The molecule has 1 heterocycles. The normalized spacial score (nSPS) is 13.6. The molecule has 0 bridgehead atoms. The lowest BCUT2D eigenvalue weighted by Gasteiger charge is -2.16. The molecular weight excluding hydrogens is 349 g/mol. The van der Waals surface area contributed by atoms with Crippen molar-refractivity contribution in [3.8, 4) is 0 Å². The van der Waals surface area contributed by atoms with Crippen molar-refractivity contribution >= 4 is 27.3 Å². The summed E-state index contributed by atoms with van der Waals surface area (Å²) < 4.78 is 40.1. The molecule has 20 heavy (non-hydrogen) atoms. The molecule has 0 aliphatic carbocycles. The van der Waals surface area contributed by atoms with E-state index >= 15 is 0 Å². The van der Waals surface area contributed by atoms with E-state index in [1.54, 1.807) is 0 Å². The van der Waals surface area contributed by atoms with Gasteiger partial charge in [0.05, 0.1) is 4.83 Å². The first kappa shape index (κ1) is 15.6. The van der Waals surface area contributed by atoms with Gasteiger partial charge in [-0.05, 0) is 23.6 Å². The first-order valence-corrected chi connectivity index (χ1v) is 7.82. The van der Waals surface area contributed by atoms with Gasteiger partial charge >= 0.3 is 0 Å². The largest absolute Gasteiger partial charge is 0.204 e. The molecule has 108 valence electrons. The molecule has 1 unspecified atom stereocenters. The Balaban J connectivity index is 2.39. The minimum absolute atomic E-state index is 0.00221. The Hall–Kier alpha value is -0.810. The molecule has 0 fully saturated rings. The Bertz CT molecular complexity index is 629. The molecule has 1 aromatic heterocycles. The summed E-state index contributed by atoms with van der Waals surface area (Å²) in [5.41, 5.74) is 0.105. The Morgan fingerprint density at radius 2 is 1.65 bits per heavy atom. The van der Waals surface area contributed by atoms with Crippen LogP contribution in [0.3, 0.4) is 0 Å². The van der Waals surface area contributed by atoms with E-state index in [1.807, 2.05) is 12.1 Å². The highest BCUT2D eigenvalue weighted by Crippen LogP contribution is 2.40. The van der Waals surface area contributed by atoms with Crippen molar-refractivity contribution in [3.05, 3.63) is 57.0 Å². The van der Waals surface area contributed by atoms with Crippen molar-refractivity contribution in [1.29, 1.82) is 0 Å². The average Bonchev–Trinajstić information content (AvgIpc) is 2.85. The lowest BCUT2D eigenvalue weighted by atomic mass is 9.95. The van der Waals surface area contributed by atoms with E-state index in [2.05, 4.69) is 36.7 Å². The number of benzene rings is 1. The molecule has 0 aliphatic heterocycles. The third-order valence-corrected chi connectivity index (χ3v) is 5.82. The number of alkyl halides is 1. The minimum atomic E-state index is -1.43. The third kappa shape index (κ3) is 2.93. The molecule has 2 rings (SSSR count). The van der Waals surface area contributed by atoms with Crippen molar-refractivity contribution < 1.29 is 13.2 Å². The van der Waals surface area contributed by atoms with Crippen LogP contribution in [0.15, 0.2) is 24.3 Å². The molecule has 0 radical (unpaired) electrons. The number of rotatable bonds is 2. The van der Waals surface area contributed by atoms with Gasteiger partial charge in [-0.25, -0.2) is 13.2 Å². The fraction of sp³-hybridized carbons (Fsp3) is 0.333. The lowest BCUT2D eigenvalue weighted by Crippen LogP contribution is -2.07. The molecule has 0 aliphatic rings. The highest BCUT2D eigenvalue weighted by molar-refractivity contribution is 9.09. The molecule has 2 aromatic rings. The maximum absolute atomic E-state index is 13.8. The van der Waals surface area contributed by atoms with E-state index < -0.39 is 22.3 Å². The molecule has 0 saturated heterocycles. The van der Waals surface area contributed by atoms with Crippen molar-refractivity contribution in [2.45, 2.75) is 31.0 Å². The van der Waals surface area contributed by atoms with Crippen molar-refractivity contribution in [2.24, 2.45) is 0 Å². The predicted octanol–water partition coefficient (Wildman–Crippen LogP) is 5.95. The van der Waals surface area contributed by atoms with E-state index in [0.29, 0.717) is 0 Å². The van der Waals surface area contributed by atoms with Gasteiger partial charge in [0.2, 0.25) is 0 Å². The summed E-state index contributed by atoms with van der Waals surface area (Å²) in [5, 5.41) is 0. The zero-order valence-corrected chi connectivity index (χ0v) is 13.7. The number of hydrogen-bond acceptors (Lipinski definition) is 1. The maximum Gasteiger partial charge on any atom is 0.194 e. The van der Waals surface area contributed by atoms with Crippen LogP contribution in [-0.4, -0.2) is 0 Å². The third-order valence-electron chi connectivity index (χ3n) is 2.95. The highest BCUT2D eigenvalue weighted by Gasteiger charge is 2.23. The van der Waals surface area contributed by atoms with Crippen molar-refractivity contribution in [1.82, 2.24) is 0 Å². The second-order valence-corrected chi connectivity index (χ2v) is 7.61. The van der Waals surface area contributed by atoms with Crippen LogP contribution in [-0.2, 0) is 5.41 Å². The fourth-order valence-corrected chi connectivity index (χ4v) is 3.63. The number of halogens is 4. The van der Waals surface area contributed by atoms with Gasteiger partial charge in [-0.15, -0.1) is 11.3 Å². The SMILES string of the molecule is CC(C)(C)c1ccc(C(Br)c2ccc(F)c(F)c2F)s1. The van der Waals surface area contributed by atoms with Gasteiger partial charge < -0.3 is 0 Å². The van der Waals surface area contributed by atoms with E-state index in [-0.39, 0.29) is 11.0 Å². The molecule has 1 aromatic carbocycles. The zero-order chi connectivity index (χ0) is 15.1. The lowest BCUT2D eigenvalue weighted by molar-refractivity contribution is 0.442. The topological polar surface area (TPSA) is 0 Å². The molecule has 0 N–H and O–H groups in total. The Labute approximate surface area is 128 Å². The van der Waals surface area contributed by atoms with Gasteiger partial charge in [0.1, 0.15) is 0 Å². The van der Waals surface area contributed by atoms with Crippen LogP contribution in [0.25, 0.3) is 0 Å². The summed E-state index contributed by atoms with van der Waals surface area (Å²) in [6.45, 7) is 6.26. The van der Waals surface area contributed by atoms with Crippen LogP contribution < -0.4 is 0 Å². The summed E-state index contributed by atoms with van der Waals surface area (Å²) in [4.78, 5) is 1.53. The van der Waals surface area contributed by atoms with Crippen molar-refractivity contribution in [2.75, 3.05) is 0 Å². The Kier molecular flexibility index (Phi) is 4.30. The molecule has 0 amide bonds. The van der Waals surface area contributed by atoms with Crippen molar-refractivity contribution in [3.63, 3.8) is 0 Å². The van der Waals surface area contributed by atoms with E-state index in [4.69, 9.17) is 0 Å². The van der Waals surface area contributed by atoms with Crippen LogP contribution >= 0.6 is 27.3 Å². The van der Waals surface area contributed by atoms with Gasteiger partial charge in [-0.1, -0.05) is 42.8 Å². The average molecular weight is 363 g/mol. The number of hydrogen-bond donors (Lipinski definition) is 0. The van der Waals surface area contributed by atoms with Crippen LogP contribution in [0.5, 0.6) is 0 Å². The molecule has 5 heteroatoms. The molecular formula is C15H14BrF3S. The predicted molar refractivity (Wildman–Crippen MR) is 80.1 cm³/mol. The summed E-state index contributed by atoms with van der Waals surface area (Å²) in [5.74, 6) is -3.75. The smallest absolute Gasteiger partial charge is 0.194 e. The summed E-state index contributed by atoms with van der Waals surface area (Å²) in [7, 11) is 0. The highest BCUT2D eigenvalue weighted by atomic mass is 79.9. The first-order valence-electron chi connectivity index (χ1n) is 6.09. The van der Waals surface area contributed by atoms with Crippen LogP contribution in [0.2, 0.25) is 0 Å². The van der Waals surface area contributed by atoms with E-state index in [0.717, 1.165) is 15.8 Å². The number of thiophene rings is 1. The van der Waals surface area contributed by atoms with Crippen LogP contribution in [0.4, 0.5) is 13.2 Å². The fourth-order valence-electron chi connectivity index (χ4n) is 1.78. The minimum Gasteiger partial charge on any atom is -0.204 e. The van der Waals surface area contributed by atoms with E-state index in [1.165, 1.54) is 17.4 Å². The molecule has 0 nitrogen and oxygen atoms in total. The summed E-state index contributed by atoms with van der Waals surface area (Å²) >= 11 is 4.90. The maximum atomic E-state index is 13.8. The zero-order valence-electron chi connectivity index (χ0n) is 11.3. The molecule has 1 atom stereocenters. The van der Waals surface area contributed by atoms with Gasteiger partial charge in [-0.2, -0.15) is 0 Å². The quantitative estimate of drug-likeness (QED) is 0.457. The standard InChI is InChI=1S/C15H14BrF3S/c1-15(2,3)11-7-6-10(20-11)12(16)8-4-5-9(17)14(19)13(8)18/h4-7,12H,1-3H3. The van der Waals surface area contributed by atoms with Gasteiger partial charge in [-0.3, -0.25) is 0 Å². The van der Waals surface area contributed by atoms with Gasteiger partial charge in [0.25, 0.3) is 0 Å². The first-order chi connectivity index (χ1) is 9.21. The Morgan fingerprint density at radius 3 is 2.20 bits per heavy atom. The van der Waals surface area contributed by atoms with Gasteiger partial charge in [0.15, 0.2) is 17.5 Å². The molecule has 0 spiro atoms. The van der Waals surface area contributed by atoms with Crippen LogP contribution in [0, 0.1) is 17.5 Å². The summed E-state index contributed by atoms with van der Waals surface area (Å²) in [6.07, 6.45) is 0. The second kappa shape index (κ2) is 5.53.